The highest BCUT2D eigenvalue weighted by Gasteiger charge is 2.21. The molecule has 0 saturated heterocycles. The van der Waals surface area contributed by atoms with Crippen LogP contribution in [0.4, 0.5) is 20.2 Å². The molecule has 0 aliphatic carbocycles. The van der Waals surface area contributed by atoms with Gasteiger partial charge in [-0.1, -0.05) is 11.6 Å². The first-order valence-corrected chi connectivity index (χ1v) is 5.82. The van der Waals surface area contributed by atoms with Gasteiger partial charge in [-0.3, -0.25) is 14.9 Å². The molecule has 21 heavy (non-hydrogen) atoms. The summed E-state index contributed by atoms with van der Waals surface area (Å²) in [6, 6.07) is 3.36. The van der Waals surface area contributed by atoms with E-state index in [0.717, 1.165) is 24.4 Å². The van der Waals surface area contributed by atoms with E-state index < -0.39 is 28.2 Å². The second kappa shape index (κ2) is 5.80. The molecule has 0 unspecified atom stereocenters. The van der Waals surface area contributed by atoms with Crippen LogP contribution in [0.2, 0.25) is 5.15 Å². The fraction of sp³-hybridized carbons (Fsp3) is 0. The van der Waals surface area contributed by atoms with E-state index in [1.54, 1.807) is 0 Å². The van der Waals surface area contributed by atoms with Gasteiger partial charge in [-0.15, -0.1) is 0 Å². The number of carbonyl (C=O) groups is 1. The molecular formula is C12H6ClF2N3O3. The van der Waals surface area contributed by atoms with Crippen molar-refractivity contribution in [1.29, 1.82) is 0 Å². The average molecular weight is 314 g/mol. The van der Waals surface area contributed by atoms with Crippen LogP contribution in [0.15, 0.2) is 30.5 Å². The van der Waals surface area contributed by atoms with Crippen LogP contribution >= 0.6 is 11.6 Å². The number of halogens is 3. The molecule has 1 aromatic heterocycles. The maximum absolute atomic E-state index is 13.0. The Balaban J connectivity index is 2.36. The summed E-state index contributed by atoms with van der Waals surface area (Å²) in [4.78, 5) is 25.5. The lowest BCUT2D eigenvalue weighted by molar-refractivity contribution is -0.385. The lowest BCUT2D eigenvalue weighted by Gasteiger charge is -2.06. The van der Waals surface area contributed by atoms with E-state index in [-0.39, 0.29) is 16.4 Å². The first kappa shape index (κ1) is 14.8. The van der Waals surface area contributed by atoms with Crippen LogP contribution in [0.1, 0.15) is 10.4 Å². The van der Waals surface area contributed by atoms with Gasteiger partial charge in [0.25, 0.3) is 11.6 Å². The van der Waals surface area contributed by atoms with Crippen LogP contribution in [-0.2, 0) is 0 Å². The summed E-state index contributed by atoms with van der Waals surface area (Å²) in [6.45, 7) is 0. The van der Waals surface area contributed by atoms with Crippen LogP contribution in [0, 0.1) is 21.7 Å². The third-order valence-corrected chi connectivity index (χ3v) is 2.62. The van der Waals surface area contributed by atoms with Crippen molar-refractivity contribution in [3.05, 3.63) is 62.9 Å². The van der Waals surface area contributed by atoms with Gasteiger partial charge in [-0.25, -0.2) is 13.8 Å². The molecule has 9 heteroatoms. The van der Waals surface area contributed by atoms with E-state index in [0.29, 0.717) is 6.07 Å². The number of nitrogens with one attached hydrogen (secondary N) is 1. The van der Waals surface area contributed by atoms with Crippen molar-refractivity contribution >= 4 is 28.9 Å². The number of aromatic nitrogens is 1. The number of hydrogen-bond donors (Lipinski definition) is 1. The topological polar surface area (TPSA) is 85.1 Å². The van der Waals surface area contributed by atoms with Crippen LogP contribution in [0.25, 0.3) is 0 Å². The summed E-state index contributed by atoms with van der Waals surface area (Å²) in [5, 5.41) is 12.8. The molecule has 2 aromatic rings. The Kier molecular flexibility index (Phi) is 4.08. The normalized spacial score (nSPS) is 10.2. The van der Waals surface area contributed by atoms with Gasteiger partial charge in [0.2, 0.25) is 0 Å². The molecule has 6 nitrogen and oxygen atoms in total. The minimum atomic E-state index is -0.934. The fourth-order valence-corrected chi connectivity index (χ4v) is 1.73. The Morgan fingerprint density at radius 3 is 2.43 bits per heavy atom. The highest BCUT2D eigenvalue weighted by molar-refractivity contribution is 6.30. The summed E-state index contributed by atoms with van der Waals surface area (Å²) >= 11 is 5.59. The van der Waals surface area contributed by atoms with E-state index in [2.05, 4.69) is 10.3 Å². The van der Waals surface area contributed by atoms with E-state index in [9.17, 15) is 23.7 Å². The van der Waals surface area contributed by atoms with E-state index >= 15 is 0 Å². The summed E-state index contributed by atoms with van der Waals surface area (Å²) in [5.41, 5.74) is -1.13. The summed E-state index contributed by atoms with van der Waals surface area (Å²) < 4.78 is 26.0. The standard InChI is InChI=1S/C12H6ClF2N3O3/c13-11-4-9(10(5-16-11)18(20)21)12(19)17-8-2-6(14)1-7(15)3-8/h1-5H,(H,17,19). The Labute approximate surface area is 121 Å². The highest BCUT2D eigenvalue weighted by Crippen LogP contribution is 2.22. The number of hydrogen-bond acceptors (Lipinski definition) is 4. The molecule has 0 bridgehead atoms. The van der Waals surface area contributed by atoms with Crippen LogP contribution in [0.5, 0.6) is 0 Å². The number of amides is 1. The third-order valence-electron chi connectivity index (χ3n) is 2.41. The smallest absolute Gasteiger partial charge is 0.300 e. The number of benzene rings is 1. The lowest BCUT2D eigenvalue weighted by atomic mass is 10.2. The molecule has 1 amide bonds. The number of pyridine rings is 1. The number of carbonyl (C=O) groups excluding carboxylic acids is 1. The van der Waals surface area contributed by atoms with Crippen molar-refractivity contribution in [2.24, 2.45) is 0 Å². The molecule has 0 spiro atoms. The molecule has 1 heterocycles. The van der Waals surface area contributed by atoms with Gasteiger partial charge in [0.15, 0.2) is 0 Å². The number of nitrogens with zero attached hydrogens (tertiary/aromatic N) is 2. The van der Waals surface area contributed by atoms with E-state index in [1.165, 1.54) is 0 Å². The van der Waals surface area contributed by atoms with Crippen LogP contribution in [0.3, 0.4) is 0 Å². The quantitative estimate of drug-likeness (QED) is 0.536. The molecule has 0 atom stereocenters. The van der Waals surface area contributed by atoms with Gasteiger partial charge >= 0.3 is 0 Å². The summed E-state index contributed by atoms with van der Waals surface area (Å²) in [7, 11) is 0. The molecule has 0 radical (unpaired) electrons. The highest BCUT2D eigenvalue weighted by atomic mass is 35.5. The SMILES string of the molecule is O=C(Nc1cc(F)cc(F)c1)c1cc(Cl)ncc1[N+](=O)[O-]. The maximum atomic E-state index is 13.0. The number of anilines is 1. The molecular weight excluding hydrogens is 308 g/mol. The lowest BCUT2D eigenvalue weighted by Crippen LogP contribution is -2.14. The number of rotatable bonds is 3. The molecule has 1 N–H and O–H groups in total. The Morgan fingerprint density at radius 1 is 1.24 bits per heavy atom. The Morgan fingerprint density at radius 2 is 1.86 bits per heavy atom. The maximum Gasteiger partial charge on any atom is 0.300 e. The van der Waals surface area contributed by atoms with Crippen molar-refractivity contribution in [3.8, 4) is 0 Å². The van der Waals surface area contributed by atoms with Gasteiger partial charge < -0.3 is 5.32 Å². The second-order valence-corrected chi connectivity index (χ2v) is 4.28. The minimum Gasteiger partial charge on any atom is -0.322 e. The van der Waals surface area contributed by atoms with Crippen LogP contribution in [-0.4, -0.2) is 15.8 Å². The molecule has 0 fully saturated rings. The zero-order chi connectivity index (χ0) is 15.6. The van der Waals surface area contributed by atoms with Crippen molar-refractivity contribution in [3.63, 3.8) is 0 Å². The van der Waals surface area contributed by atoms with E-state index in [4.69, 9.17) is 11.6 Å². The van der Waals surface area contributed by atoms with Crippen molar-refractivity contribution in [2.45, 2.75) is 0 Å². The molecule has 1 aromatic carbocycles. The van der Waals surface area contributed by atoms with Crippen molar-refractivity contribution in [2.75, 3.05) is 5.32 Å². The van der Waals surface area contributed by atoms with Gasteiger partial charge in [-0.2, -0.15) is 0 Å². The molecule has 0 saturated carbocycles. The molecule has 108 valence electrons. The van der Waals surface area contributed by atoms with Gasteiger partial charge in [0, 0.05) is 11.8 Å². The van der Waals surface area contributed by atoms with Crippen LogP contribution < -0.4 is 5.32 Å². The largest absolute Gasteiger partial charge is 0.322 e. The monoisotopic (exact) mass is 313 g/mol. The van der Waals surface area contributed by atoms with Crippen molar-refractivity contribution < 1.29 is 18.5 Å². The zero-order valence-electron chi connectivity index (χ0n) is 10.1. The summed E-state index contributed by atoms with van der Waals surface area (Å²) in [5.74, 6) is -2.73. The molecule has 0 aliphatic rings. The molecule has 2 rings (SSSR count). The van der Waals surface area contributed by atoms with Gasteiger partial charge in [-0.05, 0) is 18.2 Å². The first-order chi connectivity index (χ1) is 9.86. The van der Waals surface area contributed by atoms with E-state index in [1.807, 2.05) is 0 Å². The first-order valence-electron chi connectivity index (χ1n) is 5.44. The minimum absolute atomic E-state index is 0.129. The second-order valence-electron chi connectivity index (χ2n) is 3.89. The predicted octanol–water partition coefficient (Wildman–Crippen LogP) is 3.17. The Bertz CT molecular complexity index is 719. The zero-order valence-corrected chi connectivity index (χ0v) is 10.9. The fourth-order valence-electron chi connectivity index (χ4n) is 1.57. The number of nitro groups is 1. The Hall–Kier alpha value is -2.61. The predicted molar refractivity (Wildman–Crippen MR) is 70.2 cm³/mol. The molecule has 0 aliphatic heterocycles. The van der Waals surface area contributed by atoms with Crippen molar-refractivity contribution in [1.82, 2.24) is 4.98 Å². The van der Waals surface area contributed by atoms with Gasteiger partial charge in [0.05, 0.1) is 4.92 Å². The summed E-state index contributed by atoms with van der Waals surface area (Å²) in [6.07, 6.45) is 0.823. The third kappa shape index (κ3) is 3.48. The average Bonchev–Trinajstić information content (AvgIpc) is 2.36. The van der Waals surface area contributed by atoms with Gasteiger partial charge in [0.1, 0.15) is 28.5 Å².